The number of hydrogen-bond acceptors (Lipinski definition) is 6. The summed E-state index contributed by atoms with van der Waals surface area (Å²) in [7, 11) is 3.06. The number of aryl methyl sites for hydroxylation is 1. The van der Waals surface area contributed by atoms with Crippen LogP contribution in [0.5, 0.6) is 11.5 Å². The lowest BCUT2D eigenvalue weighted by molar-refractivity contribution is -0.270. The lowest BCUT2D eigenvalue weighted by atomic mass is 10.1. The second-order valence-corrected chi connectivity index (χ2v) is 6.92. The van der Waals surface area contributed by atoms with Crippen molar-refractivity contribution in [3.8, 4) is 11.5 Å². The summed E-state index contributed by atoms with van der Waals surface area (Å²) < 4.78 is 23.8. The van der Waals surface area contributed by atoms with Gasteiger partial charge in [0.25, 0.3) is 5.91 Å². The number of carbonyl (C=O) groups excluding carboxylic acids is 2. The van der Waals surface area contributed by atoms with Crippen LogP contribution in [0.4, 0.5) is 4.39 Å². The highest BCUT2D eigenvalue weighted by atomic mass is 19.1. The Hall–Kier alpha value is -3.13. The lowest BCUT2D eigenvalue weighted by Crippen LogP contribution is -2.35. The molecule has 8 heteroatoms. The third kappa shape index (κ3) is 7.25. The van der Waals surface area contributed by atoms with Crippen LogP contribution < -0.4 is 9.47 Å². The van der Waals surface area contributed by atoms with Crippen molar-refractivity contribution >= 4 is 11.9 Å². The van der Waals surface area contributed by atoms with E-state index in [-0.39, 0.29) is 24.9 Å². The fraction of sp³-hybridized carbons (Fsp3) is 0.391. The number of amides is 1. The summed E-state index contributed by atoms with van der Waals surface area (Å²) >= 11 is 0. The van der Waals surface area contributed by atoms with Crippen molar-refractivity contribution in [2.45, 2.75) is 26.7 Å². The molecule has 2 aromatic rings. The molecule has 2 aromatic carbocycles. The third-order valence-corrected chi connectivity index (χ3v) is 4.71. The lowest BCUT2D eigenvalue weighted by Gasteiger charge is -2.23. The molecule has 0 fully saturated rings. The van der Waals surface area contributed by atoms with Crippen molar-refractivity contribution in [3.63, 3.8) is 0 Å². The second kappa shape index (κ2) is 11.9. The molecule has 0 spiro atoms. The van der Waals surface area contributed by atoms with E-state index in [1.807, 2.05) is 6.92 Å². The molecule has 0 atom stereocenters. The first-order valence-electron chi connectivity index (χ1n) is 9.92. The van der Waals surface area contributed by atoms with Crippen LogP contribution in [0.2, 0.25) is 0 Å². The van der Waals surface area contributed by atoms with E-state index in [9.17, 15) is 14.0 Å². The molecule has 0 aliphatic rings. The number of nitrogens with zero attached hydrogens (tertiary/aromatic N) is 1. The van der Waals surface area contributed by atoms with Crippen molar-refractivity contribution < 1.29 is 33.2 Å². The Bertz CT molecular complexity index is 859. The smallest absolute Gasteiger partial charge is 0.339 e. The van der Waals surface area contributed by atoms with Gasteiger partial charge in [-0.15, -0.1) is 0 Å². The number of benzene rings is 2. The minimum Gasteiger partial charge on any atom is -0.496 e. The molecule has 0 heterocycles. The highest BCUT2D eigenvalue weighted by Crippen LogP contribution is 2.30. The maximum atomic E-state index is 13.2. The van der Waals surface area contributed by atoms with E-state index >= 15 is 0 Å². The highest BCUT2D eigenvalue weighted by molar-refractivity contribution is 5.95. The van der Waals surface area contributed by atoms with Gasteiger partial charge < -0.3 is 14.4 Å². The summed E-state index contributed by atoms with van der Waals surface area (Å²) in [5.41, 5.74) is 2.18. The van der Waals surface area contributed by atoms with E-state index in [1.54, 1.807) is 29.2 Å². The van der Waals surface area contributed by atoms with Crippen LogP contribution in [0, 0.1) is 12.7 Å². The molecule has 0 saturated carbocycles. The monoisotopic (exact) mass is 433 g/mol. The Morgan fingerprint density at radius 2 is 1.61 bits per heavy atom. The summed E-state index contributed by atoms with van der Waals surface area (Å²) in [6, 6.07) is 9.61. The Balaban J connectivity index is 2.12. The van der Waals surface area contributed by atoms with Crippen LogP contribution >= 0.6 is 0 Å². The van der Waals surface area contributed by atoms with E-state index in [1.165, 1.54) is 33.3 Å². The van der Waals surface area contributed by atoms with Gasteiger partial charge in [0, 0.05) is 31.1 Å². The number of halogens is 1. The molecule has 2 rings (SSSR count). The molecule has 0 aliphatic carbocycles. The summed E-state index contributed by atoms with van der Waals surface area (Å²) in [4.78, 5) is 35.1. The van der Waals surface area contributed by atoms with Crippen molar-refractivity contribution in [3.05, 3.63) is 58.9 Å². The minimum atomic E-state index is -0.567. The summed E-state index contributed by atoms with van der Waals surface area (Å²) in [5, 5.41) is 0. The van der Waals surface area contributed by atoms with Crippen LogP contribution in [0.25, 0.3) is 0 Å². The van der Waals surface area contributed by atoms with E-state index in [0.717, 1.165) is 11.1 Å². The molecule has 7 nitrogen and oxygen atoms in total. The molecule has 31 heavy (non-hydrogen) atoms. The Morgan fingerprint density at radius 3 is 2.16 bits per heavy atom. The van der Waals surface area contributed by atoms with Gasteiger partial charge in [0.05, 0.1) is 14.2 Å². The number of hydrogen-bond donors (Lipinski definition) is 0. The van der Waals surface area contributed by atoms with Gasteiger partial charge in [-0.05, 0) is 49.6 Å². The first kappa shape index (κ1) is 24.1. The van der Waals surface area contributed by atoms with Gasteiger partial charge in [-0.3, -0.25) is 9.68 Å². The Morgan fingerprint density at radius 1 is 1.00 bits per heavy atom. The normalized spacial score (nSPS) is 10.5. The minimum absolute atomic E-state index is 0.0298. The zero-order valence-corrected chi connectivity index (χ0v) is 18.3. The summed E-state index contributed by atoms with van der Waals surface area (Å²) in [6.07, 6.45) is 1.33. The van der Waals surface area contributed by atoms with Crippen molar-refractivity contribution in [1.29, 1.82) is 0 Å². The molecule has 0 saturated heterocycles. The third-order valence-electron chi connectivity index (χ3n) is 4.71. The number of methoxy groups -OCH3 is 2. The fourth-order valence-electron chi connectivity index (χ4n) is 3.10. The molecule has 0 radical (unpaired) electrons. The zero-order valence-electron chi connectivity index (χ0n) is 18.3. The van der Waals surface area contributed by atoms with Crippen molar-refractivity contribution in [2.75, 3.05) is 33.9 Å². The molecule has 0 bridgehead atoms. The SMILES string of the molecule is COc1cc(C(=O)N(CCCc2ccc(F)cc2)CCOOC(C)=O)cc(OC)c1C. The largest absolute Gasteiger partial charge is 0.496 e. The summed E-state index contributed by atoms with van der Waals surface area (Å²) in [6.45, 7) is 3.75. The average Bonchev–Trinajstić information content (AvgIpc) is 2.76. The molecular formula is C23H28FNO6. The van der Waals surface area contributed by atoms with Gasteiger partial charge in [0.1, 0.15) is 23.9 Å². The topological polar surface area (TPSA) is 74.3 Å². The zero-order chi connectivity index (χ0) is 22.8. The molecular weight excluding hydrogens is 405 g/mol. The first-order valence-corrected chi connectivity index (χ1v) is 9.92. The fourth-order valence-corrected chi connectivity index (χ4v) is 3.10. The van der Waals surface area contributed by atoms with Crippen LogP contribution in [-0.4, -0.2) is 50.7 Å². The van der Waals surface area contributed by atoms with Crippen LogP contribution in [-0.2, 0) is 21.0 Å². The number of rotatable bonds is 11. The van der Waals surface area contributed by atoms with Crippen LogP contribution in [0.3, 0.4) is 0 Å². The molecule has 168 valence electrons. The van der Waals surface area contributed by atoms with E-state index in [2.05, 4.69) is 4.89 Å². The number of carbonyl (C=O) groups is 2. The van der Waals surface area contributed by atoms with E-state index in [0.29, 0.717) is 36.4 Å². The molecule has 0 aromatic heterocycles. The maximum absolute atomic E-state index is 13.2. The van der Waals surface area contributed by atoms with Gasteiger partial charge in [-0.1, -0.05) is 12.1 Å². The molecule has 0 N–H and O–H groups in total. The highest BCUT2D eigenvalue weighted by Gasteiger charge is 2.19. The van der Waals surface area contributed by atoms with Gasteiger partial charge in [-0.25, -0.2) is 9.18 Å². The molecule has 0 aliphatic heterocycles. The number of ether oxygens (including phenoxy) is 2. The van der Waals surface area contributed by atoms with E-state index in [4.69, 9.17) is 14.4 Å². The van der Waals surface area contributed by atoms with Crippen LogP contribution in [0.15, 0.2) is 36.4 Å². The molecule has 1 amide bonds. The van der Waals surface area contributed by atoms with Gasteiger partial charge >= 0.3 is 5.97 Å². The second-order valence-electron chi connectivity index (χ2n) is 6.92. The van der Waals surface area contributed by atoms with Gasteiger partial charge in [-0.2, -0.15) is 4.89 Å². The quantitative estimate of drug-likeness (QED) is 0.306. The molecule has 0 unspecified atom stereocenters. The first-order chi connectivity index (χ1) is 14.8. The predicted molar refractivity (Wildman–Crippen MR) is 113 cm³/mol. The predicted octanol–water partition coefficient (Wildman–Crippen LogP) is 3.72. The van der Waals surface area contributed by atoms with Gasteiger partial charge in [0.2, 0.25) is 0 Å². The van der Waals surface area contributed by atoms with Gasteiger partial charge in [0.15, 0.2) is 0 Å². The van der Waals surface area contributed by atoms with E-state index < -0.39 is 5.97 Å². The summed E-state index contributed by atoms with van der Waals surface area (Å²) in [5.74, 6) is 0.00464. The van der Waals surface area contributed by atoms with Crippen LogP contribution in [0.1, 0.15) is 34.8 Å². The average molecular weight is 433 g/mol. The maximum Gasteiger partial charge on any atom is 0.339 e. The Labute approximate surface area is 181 Å². The van der Waals surface area contributed by atoms with Crippen molar-refractivity contribution in [2.24, 2.45) is 0 Å². The van der Waals surface area contributed by atoms with Crippen molar-refractivity contribution in [1.82, 2.24) is 4.90 Å². The standard InChI is InChI=1S/C23H28FNO6/c1-16-21(28-3)14-19(15-22(16)29-4)23(27)25(12-13-30-31-17(2)26)11-5-6-18-7-9-20(24)10-8-18/h7-10,14-15H,5-6,11-13H2,1-4H3. The Kier molecular flexibility index (Phi) is 9.27.